The van der Waals surface area contributed by atoms with Crippen molar-refractivity contribution in [1.29, 1.82) is 0 Å². The SMILES string of the molecule is Cc1nn(Cc2ccc(-n3cccn3)cc2)c(C)c1[N+](=O)[O-]. The van der Waals surface area contributed by atoms with Crippen molar-refractivity contribution in [2.75, 3.05) is 0 Å². The first kappa shape index (κ1) is 14.0. The van der Waals surface area contributed by atoms with E-state index in [4.69, 9.17) is 0 Å². The van der Waals surface area contributed by atoms with Crippen molar-refractivity contribution in [1.82, 2.24) is 19.6 Å². The molecule has 2 heterocycles. The van der Waals surface area contributed by atoms with Crippen LogP contribution >= 0.6 is 0 Å². The summed E-state index contributed by atoms with van der Waals surface area (Å²) in [5.74, 6) is 0. The van der Waals surface area contributed by atoms with E-state index in [1.807, 2.05) is 36.5 Å². The van der Waals surface area contributed by atoms with Gasteiger partial charge in [-0.1, -0.05) is 12.1 Å². The van der Waals surface area contributed by atoms with Crippen LogP contribution in [0.5, 0.6) is 0 Å². The van der Waals surface area contributed by atoms with Crippen LogP contribution in [0.15, 0.2) is 42.7 Å². The van der Waals surface area contributed by atoms with Gasteiger partial charge in [0, 0.05) is 12.4 Å². The van der Waals surface area contributed by atoms with Gasteiger partial charge in [0.1, 0.15) is 11.4 Å². The fourth-order valence-electron chi connectivity index (χ4n) is 2.45. The van der Waals surface area contributed by atoms with Gasteiger partial charge >= 0.3 is 5.69 Å². The highest BCUT2D eigenvalue weighted by atomic mass is 16.6. The number of rotatable bonds is 4. The average Bonchev–Trinajstić information content (AvgIpc) is 3.09. The second-order valence-electron chi connectivity index (χ2n) is 5.05. The van der Waals surface area contributed by atoms with E-state index in [1.54, 1.807) is 29.4 Å². The lowest BCUT2D eigenvalue weighted by atomic mass is 10.2. The molecule has 0 aliphatic carbocycles. The van der Waals surface area contributed by atoms with E-state index in [1.165, 1.54) is 0 Å². The van der Waals surface area contributed by atoms with E-state index in [0.29, 0.717) is 17.9 Å². The lowest BCUT2D eigenvalue weighted by molar-refractivity contribution is -0.386. The number of hydrogen-bond donors (Lipinski definition) is 0. The van der Waals surface area contributed by atoms with Gasteiger partial charge in [-0.2, -0.15) is 10.2 Å². The molecule has 7 heteroatoms. The summed E-state index contributed by atoms with van der Waals surface area (Å²) in [5, 5.41) is 19.5. The molecule has 112 valence electrons. The van der Waals surface area contributed by atoms with Gasteiger partial charge in [-0.3, -0.25) is 14.8 Å². The molecule has 0 radical (unpaired) electrons. The zero-order chi connectivity index (χ0) is 15.7. The zero-order valence-electron chi connectivity index (χ0n) is 12.3. The normalized spacial score (nSPS) is 10.8. The standard InChI is InChI=1S/C15H15N5O2/c1-11-15(20(21)22)12(2)19(17-11)10-13-4-6-14(7-5-13)18-9-3-8-16-18/h3-9H,10H2,1-2H3. The maximum absolute atomic E-state index is 11.0. The topological polar surface area (TPSA) is 78.8 Å². The molecule has 7 nitrogen and oxygen atoms in total. The van der Waals surface area contributed by atoms with Crippen LogP contribution in [0.1, 0.15) is 17.0 Å². The monoisotopic (exact) mass is 297 g/mol. The second-order valence-corrected chi connectivity index (χ2v) is 5.05. The van der Waals surface area contributed by atoms with Crippen LogP contribution in [0.3, 0.4) is 0 Å². The van der Waals surface area contributed by atoms with Crippen molar-refractivity contribution in [3.8, 4) is 5.69 Å². The van der Waals surface area contributed by atoms with Gasteiger partial charge in [-0.25, -0.2) is 4.68 Å². The molecular formula is C15H15N5O2. The average molecular weight is 297 g/mol. The van der Waals surface area contributed by atoms with Crippen LogP contribution in [0.4, 0.5) is 5.69 Å². The van der Waals surface area contributed by atoms with Crippen molar-refractivity contribution in [3.63, 3.8) is 0 Å². The largest absolute Gasteiger partial charge is 0.312 e. The molecule has 1 aromatic carbocycles. The summed E-state index contributed by atoms with van der Waals surface area (Å²) in [6.07, 6.45) is 3.60. The summed E-state index contributed by atoms with van der Waals surface area (Å²) in [6, 6.07) is 9.73. The summed E-state index contributed by atoms with van der Waals surface area (Å²) >= 11 is 0. The molecule has 0 aliphatic rings. The fourth-order valence-corrected chi connectivity index (χ4v) is 2.45. The highest BCUT2D eigenvalue weighted by molar-refractivity contribution is 5.40. The summed E-state index contributed by atoms with van der Waals surface area (Å²) in [7, 11) is 0. The van der Waals surface area contributed by atoms with Gasteiger partial charge < -0.3 is 0 Å². The number of aromatic nitrogens is 4. The molecule has 3 aromatic rings. The minimum absolute atomic E-state index is 0.0909. The molecule has 2 aromatic heterocycles. The maximum atomic E-state index is 11.0. The number of hydrogen-bond acceptors (Lipinski definition) is 4. The molecule has 0 N–H and O–H groups in total. The lowest BCUT2D eigenvalue weighted by Crippen LogP contribution is -2.04. The van der Waals surface area contributed by atoms with E-state index in [2.05, 4.69) is 10.2 Å². The molecule has 0 spiro atoms. The van der Waals surface area contributed by atoms with Crippen molar-refractivity contribution in [2.24, 2.45) is 0 Å². The number of nitrogens with zero attached hydrogens (tertiary/aromatic N) is 5. The van der Waals surface area contributed by atoms with E-state index < -0.39 is 0 Å². The predicted molar refractivity (Wildman–Crippen MR) is 81.0 cm³/mol. The molecular weight excluding hydrogens is 282 g/mol. The smallest absolute Gasteiger partial charge is 0.258 e. The highest BCUT2D eigenvalue weighted by Gasteiger charge is 2.21. The third-order valence-electron chi connectivity index (χ3n) is 3.56. The van der Waals surface area contributed by atoms with Crippen molar-refractivity contribution < 1.29 is 4.92 Å². The Morgan fingerprint density at radius 1 is 1.23 bits per heavy atom. The number of nitro groups is 1. The Labute approximate surface area is 127 Å². The minimum Gasteiger partial charge on any atom is -0.258 e. The van der Waals surface area contributed by atoms with Gasteiger partial charge in [-0.05, 0) is 37.6 Å². The minimum atomic E-state index is -0.380. The zero-order valence-corrected chi connectivity index (χ0v) is 12.3. The molecule has 0 aliphatic heterocycles. The third-order valence-corrected chi connectivity index (χ3v) is 3.56. The van der Waals surface area contributed by atoms with Crippen LogP contribution in [-0.4, -0.2) is 24.5 Å². The Bertz CT molecular complexity index is 803. The van der Waals surface area contributed by atoms with Crippen LogP contribution < -0.4 is 0 Å². The first-order valence-electron chi connectivity index (χ1n) is 6.83. The second kappa shape index (κ2) is 5.44. The van der Waals surface area contributed by atoms with Gasteiger partial charge in [0.05, 0.1) is 17.2 Å². The summed E-state index contributed by atoms with van der Waals surface area (Å²) < 4.78 is 3.44. The molecule has 0 amide bonds. The van der Waals surface area contributed by atoms with Gasteiger partial charge in [0.25, 0.3) is 0 Å². The molecule has 0 unspecified atom stereocenters. The highest BCUT2D eigenvalue weighted by Crippen LogP contribution is 2.22. The van der Waals surface area contributed by atoms with Crippen molar-refractivity contribution >= 4 is 5.69 Å². The van der Waals surface area contributed by atoms with E-state index in [-0.39, 0.29) is 10.6 Å². The Balaban J connectivity index is 1.85. The van der Waals surface area contributed by atoms with Crippen LogP contribution in [0.2, 0.25) is 0 Å². The third kappa shape index (κ3) is 2.48. The Kier molecular flexibility index (Phi) is 3.46. The van der Waals surface area contributed by atoms with Crippen molar-refractivity contribution in [3.05, 3.63) is 69.8 Å². The molecule has 0 bridgehead atoms. The van der Waals surface area contributed by atoms with E-state index in [9.17, 15) is 10.1 Å². The van der Waals surface area contributed by atoms with E-state index in [0.717, 1.165) is 11.3 Å². The van der Waals surface area contributed by atoms with Crippen LogP contribution in [0.25, 0.3) is 5.69 Å². The Hall–Kier alpha value is -2.96. The maximum Gasteiger partial charge on any atom is 0.312 e. The molecule has 0 saturated heterocycles. The quantitative estimate of drug-likeness (QED) is 0.548. The number of benzene rings is 1. The van der Waals surface area contributed by atoms with Crippen LogP contribution in [0, 0.1) is 24.0 Å². The summed E-state index contributed by atoms with van der Waals surface area (Å²) in [4.78, 5) is 10.6. The van der Waals surface area contributed by atoms with E-state index >= 15 is 0 Å². The fraction of sp³-hybridized carbons (Fsp3) is 0.200. The first-order valence-corrected chi connectivity index (χ1v) is 6.83. The Morgan fingerprint density at radius 2 is 1.95 bits per heavy atom. The predicted octanol–water partition coefficient (Wildman–Crippen LogP) is 2.64. The Morgan fingerprint density at radius 3 is 2.50 bits per heavy atom. The van der Waals surface area contributed by atoms with Crippen LogP contribution in [-0.2, 0) is 6.54 Å². The van der Waals surface area contributed by atoms with Gasteiger partial charge in [0.15, 0.2) is 0 Å². The first-order chi connectivity index (χ1) is 10.6. The molecule has 0 saturated carbocycles. The molecule has 22 heavy (non-hydrogen) atoms. The van der Waals surface area contributed by atoms with Gasteiger partial charge in [-0.15, -0.1) is 0 Å². The number of aryl methyl sites for hydroxylation is 1. The van der Waals surface area contributed by atoms with Crippen molar-refractivity contribution in [2.45, 2.75) is 20.4 Å². The lowest BCUT2D eigenvalue weighted by Gasteiger charge is -2.06. The molecule has 3 rings (SSSR count). The molecule has 0 fully saturated rings. The summed E-state index contributed by atoms with van der Waals surface area (Å²) in [6.45, 7) is 3.87. The molecule has 0 atom stereocenters. The van der Waals surface area contributed by atoms with Gasteiger partial charge in [0.2, 0.25) is 0 Å². The summed E-state index contributed by atoms with van der Waals surface area (Å²) in [5.41, 5.74) is 3.09.